The predicted octanol–water partition coefficient (Wildman–Crippen LogP) is 3.73. The van der Waals surface area contributed by atoms with Crippen molar-refractivity contribution < 1.29 is 14.3 Å². The summed E-state index contributed by atoms with van der Waals surface area (Å²) in [5, 5.41) is 12.8. The number of benzene rings is 2. The molecule has 1 fully saturated rings. The number of nitrogens with one attached hydrogen (secondary N) is 3. The Morgan fingerprint density at radius 3 is 2.45 bits per heavy atom. The lowest BCUT2D eigenvalue weighted by Gasteiger charge is -2.12. The largest absolute Gasteiger partial charge is 0.376 e. The zero-order valence-corrected chi connectivity index (χ0v) is 17.3. The number of hydrogen-bond acceptors (Lipinski definition) is 4. The maximum atomic E-state index is 12.6. The van der Waals surface area contributed by atoms with Crippen molar-refractivity contribution >= 4 is 23.3 Å². The summed E-state index contributed by atoms with van der Waals surface area (Å²) >= 11 is 0. The van der Waals surface area contributed by atoms with Gasteiger partial charge in [0.05, 0.1) is 11.8 Å². The number of urea groups is 1. The molecular formula is C23H25N5O3. The Morgan fingerprint density at radius 2 is 1.77 bits per heavy atom. The molecular weight excluding hydrogens is 394 g/mol. The fraction of sp³-hybridized carbons (Fsp3) is 0.261. The van der Waals surface area contributed by atoms with Crippen LogP contribution in [-0.4, -0.2) is 41.0 Å². The fourth-order valence-corrected chi connectivity index (χ4v) is 3.44. The standard InChI is InChI=1S/C23H25N5O3/c1-16-14-21(27-28(16)19-6-3-2-4-7-19)22(29)25-17-9-11-18(12-10-17)26-23(30)24-15-20-8-5-13-31-20/h2-4,6-7,9-12,14,20H,5,8,13,15H2,1H3,(H,25,29)(H2,24,26,30). The highest BCUT2D eigenvalue weighted by Gasteiger charge is 2.16. The van der Waals surface area contributed by atoms with Crippen LogP contribution in [0.2, 0.25) is 0 Å². The van der Waals surface area contributed by atoms with Gasteiger partial charge < -0.3 is 20.7 Å². The van der Waals surface area contributed by atoms with Crippen molar-refractivity contribution in [3.05, 3.63) is 72.1 Å². The van der Waals surface area contributed by atoms with E-state index in [4.69, 9.17) is 4.74 Å². The first-order valence-corrected chi connectivity index (χ1v) is 10.3. The maximum Gasteiger partial charge on any atom is 0.319 e. The molecule has 1 aromatic heterocycles. The van der Waals surface area contributed by atoms with E-state index < -0.39 is 0 Å². The Balaban J connectivity index is 1.32. The minimum absolute atomic E-state index is 0.0948. The van der Waals surface area contributed by atoms with E-state index in [1.807, 2.05) is 37.3 Å². The van der Waals surface area contributed by atoms with Gasteiger partial charge in [0.1, 0.15) is 0 Å². The van der Waals surface area contributed by atoms with Crippen molar-refractivity contribution in [3.8, 4) is 5.69 Å². The number of rotatable bonds is 6. The van der Waals surface area contributed by atoms with Crippen LogP contribution in [0, 0.1) is 6.92 Å². The topological polar surface area (TPSA) is 97.3 Å². The van der Waals surface area contributed by atoms with Crippen LogP contribution in [-0.2, 0) is 4.74 Å². The number of hydrogen-bond donors (Lipinski definition) is 3. The van der Waals surface area contributed by atoms with Crippen molar-refractivity contribution in [2.45, 2.75) is 25.9 Å². The van der Waals surface area contributed by atoms with E-state index in [0.717, 1.165) is 30.8 Å². The van der Waals surface area contributed by atoms with Crippen LogP contribution in [0.5, 0.6) is 0 Å². The third-order valence-electron chi connectivity index (χ3n) is 5.04. The SMILES string of the molecule is Cc1cc(C(=O)Nc2ccc(NC(=O)NCC3CCCO3)cc2)nn1-c1ccccc1. The number of aromatic nitrogens is 2. The first-order valence-electron chi connectivity index (χ1n) is 10.3. The minimum atomic E-state index is -0.298. The summed E-state index contributed by atoms with van der Waals surface area (Å²) in [6, 6.07) is 18.0. The normalized spacial score (nSPS) is 15.5. The molecule has 3 N–H and O–H groups in total. The van der Waals surface area contributed by atoms with Crippen molar-refractivity contribution in [1.29, 1.82) is 0 Å². The molecule has 1 aliphatic heterocycles. The molecule has 1 saturated heterocycles. The third kappa shape index (κ3) is 5.29. The van der Waals surface area contributed by atoms with E-state index in [1.165, 1.54) is 0 Å². The van der Waals surface area contributed by atoms with Crippen LogP contribution in [0.15, 0.2) is 60.7 Å². The van der Waals surface area contributed by atoms with Gasteiger partial charge in [-0.2, -0.15) is 5.10 Å². The van der Waals surface area contributed by atoms with Gasteiger partial charge in [0.25, 0.3) is 5.91 Å². The highest BCUT2D eigenvalue weighted by molar-refractivity contribution is 6.03. The lowest BCUT2D eigenvalue weighted by atomic mass is 10.2. The predicted molar refractivity (Wildman–Crippen MR) is 119 cm³/mol. The molecule has 4 rings (SSSR count). The van der Waals surface area contributed by atoms with Gasteiger partial charge in [-0.1, -0.05) is 18.2 Å². The molecule has 31 heavy (non-hydrogen) atoms. The first-order chi connectivity index (χ1) is 15.1. The number of anilines is 2. The molecule has 1 aliphatic rings. The molecule has 0 radical (unpaired) electrons. The van der Waals surface area contributed by atoms with Crippen molar-refractivity contribution in [2.75, 3.05) is 23.8 Å². The summed E-state index contributed by atoms with van der Waals surface area (Å²) < 4.78 is 7.22. The monoisotopic (exact) mass is 419 g/mol. The highest BCUT2D eigenvalue weighted by atomic mass is 16.5. The molecule has 8 heteroatoms. The third-order valence-corrected chi connectivity index (χ3v) is 5.04. The number of para-hydroxylation sites is 1. The summed E-state index contributed by atoms with van der Waals surface area (Å²) in [5.74, 6) is -0.298. The van der Waals surface area contributed by atoms with Crippen molar-refractivity contribution in [3.63, 3.8) is 0 Å². The lowest BCUT2D eigenvalue weighted by molar-refractivity contribution is 0.102. The Bertz CT molecular complexity index is 1040. The highest BCUT2D eigenvalue weighted by Crippen LogP contribution is 2.16. The molecule has 1 atom stereocenters. The number of ether oxygens (including phenoxy) is 1. The molecule has 0 aliphatic carbocycles. The smallest absolute Gasteiger partial charge is 0.319 e. The van der Waals surface area contributed by atoms with Gasteiger partial charge in [0.2, 0.25) is 0 Å². The summed E-state index contributed by atoms with van der Waals surface area (Å²) in [6.07, 6.45) is 2.10. The maximum absolute atomic E-state index is 12.6. The van der Waals surface area contributed by atoms with Gasteiger partial charge in [-0.15, -0.1) is 0 Å². The van der Waals surface area contributed by atoms with Gasteiger partial charge in [0.15, 0.2) is 5.69 Å². The second-order valence-electron chi connectivity index (χ2n) is 7.42. The number of carbonyl (C=O) groups is 2. The van der Waals surface area contributed by atoms with Crippen molar-refractivity contribution in [2.24, 2.45) is 0 Å². The van der Waals surface area contributed by atoms with E-state index in [1.54, 1.807) is 35.0 Å². The van der Waals surface area contributed by atoms with Crippen LogP contribution in [0.4, 0.5) is 16.2 Å². The molecule has 0 spiro atoms. The fourth-order valence-electron chi connectivity index (χ4n) is 3.44. The second-order valence-corrected chi connectivity index (χ2v) is 7.42. The molecule has 2 aromatic carbocycles. The van der Waals surface area contributed by atoms with Gasteiger partial charge in [0, 0.05) is 30.2 Å². The van der Waals surface area contributed by atoms with E-state index in [0.29, 0.717) is 23.6 Å². The molecule has 0 saturated carbocycles. The average molecular weight is 419 g/mol. The van der Waals surface area contributed by atoms with E-state index in [-0.39, 0.29) is 18.0 Å². The average Bonchev–Trinajstić information content (AvgIpc) is 3.44. The molecule has 3 aromatic rings. The van der Waals surface area contributed by atoms with Crippen LogP contribution < -0.4 is 16.0 Å². The van der Waals surface area contributed by atoms with Crippen molar-refractivity contribution in [1.82, 2.24) is 15.1 Å². The number of aryl methyl sites for hydroxylation is 1. The summed E-state index contributed by atoms with van der Waals surface area (Å²) in [7, 11) is 0. The molecule has 3 amide bonds. The van der Waals surface area contributed by atoms with Crippen LogP contribution in [0.1, 0.15) is 29.0 Å². The Labute approximate surface area is 180 Å². The second kappa shape index (κ2) is 9.44. The summed E-state index contributed by atoms with van der Waals surface area (Å²) in [4.78, 5) is 24.6. The number of amides is 3. The zero-order valence-electron chi connectivity index (χ0n) is 17.3. The number of carbonyl (C=O) groups excluding carboxylic acids is 2. The van der Waals surface area contributed by atoms with Gasteiger partial charge in [-0.25, -0.2) is 9.48 Å². The Kier molecular flexibility index (Phi) is 6.28. The van der Waals surface area contributed by atoms with E-state index >= 15 is 0 Å². The molecule has 160 valence electrons. The van der Waals surface area contributed by atoms with Crippen LogP contribution in [0.3, 0.4) is 0 Å². The molecule has 2 heterocycles. The molecule has 0 bridgehead atoms. The minimum Gasteiger partial charge on any atom is -0.376 e. The van der Waals surface area contributed by atoms with E-state index in [9.17, 15) is 9.59 Å². The van der Waals surface area contributed by atoms with Gasteiger partial charge in [-0.3, -0.25) is 4.79 Å². The van der Waals surface area contributed by atoms with E-state index in [2.05, 4.69) is 21.0 Å². The van der Waals surface area contributed by atoms with Gasteiger partial charge >= 0.3 is 6.03 Å². The Hall–Kier alpha value is -3.65. The number of nitrogens with zero attached hydrogens (tertiary/aromatic N) is 2. The quantitative estimate of drug-likeness (QED) is 0.567. The molecule has 8 nitrogen and oxygen atoms in total. The van der Waals surface area contributed by atoms with Gasteiger partial charge in [-0.05, 0) is 62.2 Å². The lowest BCUT2D eigenvalue weighted by Crippen LogP contribution is -2.35. The summed E-state index contributed by atoms with van der Waals surface area (Å²) in [5.41, 5.74) is 3.34. The zero-order chi connectivity index (χ0) is 21.6. The van der Waals surface area contributed by atoms with Crippen LogP contribution >= 0.6 is 0 Å². The van der Waals surface area contributed by atoms with Crippen LogP contribution in [0.25, 0.3) is 5.69 Å². The first kappa shape index (κ1) is 20.6. The summed E-state index contributed by atoms with van der Waals surface area (Å²) in [6.45, 7) is 3.16. The Morgan fingerprint density at radius 1 is 1.06 bits per heavy atom. The molecule has 1 unspecified atom stereocenters.